The van der Waals surface area contributed by atoms with Gasteiger partial charge < -0.3 is 0 Å². The molecule has 0 aromatic rings. The molecular formula is C8H14ClF. The molecule has 0 bridgehead atoms. The second-order valence-electron chi connectivity index (χ2n) is 2.34. The van der Waals surface area contributed by atoms with Gasteiger partial charge in [-0.05, 0) is 18.9 Å². The summed E-state index contributed by atoms with van der Waals surface area (Å²) in [4.78, 5) is 0. The van der Waals surface area contributed by atoms with Crippen LogP contribution in [0.1, 0.15) is 39.0 Å². The zero-order valence-corrected chi connectivity index (χ0v) is 7.12. The molecule has 0 rings (SSSR count). The Labute approximate surface area is 67.1 Å². The van der Waals surface area contributed by atoms with E-state index in [1.807, 2.05) is 0 Å². The highest BCUT2D eigenvalue weighted by molar-refractivity contribution is 6.28. The summed E-state index contributed by atoms with van der Waals surface area (Å²) in [5.74, 6) is 0. The minimum atomic E-state index is -0.573. The van der Waals surface area contributed by atoms with Crippen molar-refractivity contribution in [1.82, 2.24) is 0 Å². The summed E-state index contributed by atoms with van der Waals surface area (Å²) in [7, 11) is 0. The molecule has 0 heterocycles. The molecule has 0 aliphatic carbocycles. The second kappa shape index (κ2) is 7.07. The second-order valence-corrected chi connectivity index (χ2v) is 2.70. The van der Waals surface area contributed by atoms with E-state index in [4.69, 9.17) is 11.6 Å². The highest BCUT2D eigenvalue weighted by atomic mass is 35.5. The van der Waals surface area contributed by atoms with E-state index < -0.39 is 5.29 Å². The van der Waals surface area contributed by atoms with E-state index in [0.29, 0.717) is 0 Å². The number of rotatable bonds is 5. The average Bonchev–Trinajstić information content (AvgIpc) is 1.87. The molecule has 0 aromatic heterocycles. The molecule has 0 unspecified atom stereocenters. The maximum absolute atomic E-state index is 11.8. The van der Waals surface area contributed by atoms with Crippen LogP contribution in [-0.4, -0.2) is 0 Å². The number of allylic oxidation sites excluding steroid dienone is 1. The van der Waals surface area contributed by atoms with Crippen molar-refractivity contribution in [3.8, 4) is 0 Å². The summed E-state index contributed by atoms with van der Waals surface area (Å²) in [5.41, 5.74) is 0. The molecule has 2 heteroatoms. The molecule has 0 aliphatic heterocycles. The fourth-order valence-corrected chi connectivity index (χ4v) is 0.891. The molecule has 60 valence electrons. The maximum atomic E-state index is 11.8. The molecule has 10 heavy (non-hydrogen) atoms. The summed E-state index contributed by atoms with van der Waals surface area (Å²) in [6.07, 6.45) is 6.88. The highest BCUT2D eigenvalue weighted by Crippen LogP contribution is 2.08. The van der Waals surface area contributed by atoms with Gasteiger partial charge in [0, 0.05) is 0 Å². The molecule has 0 spiro atoms. The molecule has 0 fully saturated rings. The van der Waals surface area contributed by atoms with Crippen LogP contribution in [0.15, 0.2) is 11.4 Å². The first kappa shape index (κ1) is 9.96. The standard InChI is InChI=1S/C8H14ClF/c1-2-3-4-5-6-7-8(9)10/h7H,2-6H2,1H3/b8-7-. The first-order valence-corrected chi connectivity index (χ1v) is 4.16. The van der Waals surface area contributed by atoms with E-state index >= 15 is 0 Å². The van der Waals surface area contributed by atoms with Gasteiger partial charge in [-0.15, -0.1) is 0 Å². The summed E-state index contributed by atoms with van der Waals surface area (Å²) in [6, 6.07) is 0. The fraction of sp³-hybridized carbons (Fsp3) is 0.750. The lowest BCUT2D eigenvalue weighted by molar-refractivity contribution is 0.654. The minimum absolute atomic E-state index is 0.573. The lowest BCUT2D eigenvalue weighted by atomic mass is 10.2. The highest BCUT2D eigenvalue weighted by Gasteiger charge is 1.87. The van der Waals surface area contributed by atoms with Crippen molar-refractivity contribution in [3.05, 3.63) is 11.4 Å². The Hall–Kier alpha value is -0.0400. The van der Waals surface area contributed by atoms with Crippen molar-refractivity contribution < 1.29 is 4.39 Å². The van der Waals surface area contributed by atoms with Gasteiger partial charge in [-0.3, -0.25) is 0 Å². The monoisotopic (exact) mass is 164 g/mol. The summed E-state index contributed by atoms with van der Waals surface area (Å²) >= 11 is 4.99. The van der Waals surface area contributed by atoms with Gasteiger partial charge in [0.05, 0.1) is 0 Å². The van der Waals surface area contributed by atoms with E-state index in [9.17, 15) is 4.39 Å². The molecule has 0 amide bonds. The van der Waals surface area contributed by atoms with Crippen LogP contribution in [0.3, 0.4) is 0 Å². The van der Waals surface area contributed by atoms with Gasteiger partial charge in [0.1, 0.15) is 0 Å². The normalized spacial score (nSPS) is 12.1. The van der Waals surface area contributed by atoms with E-state index in [-0.39, 0.29) is 0 Å². The van der Waals surface area contributed by atoms with Crippen molar-refractivity contribution in [1.29, 1.82) is 0 Å². The van der Waals surface area contributed by atoms with Gasteiger partial charge in [-0.25, -0.2) is 0 Å². The molecule has 0 N–H and O–H groups in total. The van der Waals surface area contributed by atoms with Gasteiger partial charge in [0.15, 0.2) is 5.29 Å². The molecular weight excluding hydrogens is 151 g/mol. The molecule has 0 saturated carbocycles. The number of hydrogen-bond donors (Lipinski definition) is 0. The van der Waals surface area contributed by atoms with E-state index in [1.165, 1.54) is 25.3 Å². The molecule has 0 atom stereocenters. The maximum Gasteiger partial charge on any atom is 0.185 e. The van der Waals surface area contributed by atoms with Gasteiger partial charge in [0.2, 0.25) is 0 Å². The van der Waals surface area contributed by atoms with Gasteiger partial charge >= 0.3 is 0 Å². The number of unbranched alkanes of at least 4 members (excludes halogenated alkanes) is 4. The predicted octanol–water partition coefficient (Wildman–Crippen LogP) is 4.01. The molecule has 0 aliphatic rings. The first-order chi connectivity index (χ1) is 4.77. The van der Waals surface area contributed by atoms with Crippen molar-refractivity contribution in [2.45, 2.75) is 39.0 Å². The fourth-order valence-electron chi connectivity index (χ4n) is 0.782. The zero-order valence-electron chi connectivity index (χ0n) is 6.37. The molecule has 0 saturated heterocycles. The minimum Gasteiger partial charge on any atom is -0.194 e. The lowest BCUT2D eigenvalue weighted by Crippen LogP contribution is -1.73. The van der Waals surface area contributed by atoms with Crippen LogP contribution >= 0.6 is 11.6 Å². The van der Waals surface area contributed by atoms with Crippen molar-refractivity contribution >= 4 is 11.6 Å². The average molecular weight is 165 g/mol. The van der Waals surface area contributed by atoms with E-state index in [2.05, 4.69) is 6.92 Å². The third-order valence-electron chi connectivity index (χ3n) is 1.36. The van der Waals surface area contributed by atoms with Crippen LogP contribution < -0.4 is 0 Å². The van der Waals surface area contributed by atoms with Gasteiger partial charge in [0.25, 0.3) is 0 Å². The van der Waals surface area contributed by atoms with Crippen molar-refractivity contribution in [2.75, 3.05) is 0 Å². The van der Waals surface area contributed by atoms with Gasteiger partial charge in [-0.2, -0.15) is 4.39 Å². The topological polar surface area (TPSA) is 0 Å². The van der Waals surface area contributed by atoms with Crippen molar-refractivity contribution in [2.24, 2.45) is 0 Å². The van der Waals surface area contributed by atoms with Crippen LogP contribution in [0.4, 0.5) is 4.39 Å². The largest absolute Gasteiger partial charge is 0.194 e. The zero-order chi connectivity index (χ0) is 7.82. The third-order valence-corrected chi connectivity index (χ3v) is 1.51. The number of hydrogen-bond acceptors (Lipinski definition) is 0. The van der Waals surface area contributed by atoms with E-state index in [0.717, 1.165) is 12.8 Å². The SMILES string of the molecule is CCCCCC/C=C(\F)Cl. The smallest absolute Gasteiger partial charge is 0.185 e. The van der Waals surface area contributed by atoms with Crippen molar-refractivity contribution in [3.63, 3.8) is 0 Å². The Morgan fingerprint density at radius 3 is 2.60 bits per heavy atom. The number of halogens is 2. The summed E-state index contributed by atoms with van der Waals surface area (Å²) in [5, 5.41) is -0.573. The summed E-state index contributed by atoms with van der Waals surface area (Å²) in [6.45, 7) is 2.15. The molecule has 0 aromatic carbocycles. The van der Waals surface area contributed by atoms with Crippen LogP contribution in [0.5, 0.6) is 0 Å². The Balaban J connectivity index is 2.98. The molecule has 0 nitrogen and oxygen atoms in total. The Bertz CT molecular complexity index is 95.4. The quantitative estimate of drug-likeness (QED) is 0.539. The Kier molecular flexibility index (Phi) is 7.04. The van der Waals surface area contributed by atoms with Gasteiger partial charge in [-0.1, -0.05) is 37.8 Å². The van der Waals surface area contributed by atoms with Crippen LogP contribution in [0.2, 0.25) is 0 Å². The van der Waals surface area contributed by atoms with Crippen LogP contribution in [0.25, 0.3) is 0 Å². The van der Waals surface area contributed by atoms with E-state index in [1.54, 1.807) is 0 Å². The Morgan fingerprint density at radius 2 is 2.10 bits per heavy atom. The third kappa shape index (κ3) is 7.96. The lowest BCUT2D eigenvalue weighted by Gasteiger charge is -1.92. The molecule has 0 radical (unpaired) electrons. The first-order valence-electron chi connectivity index (χ1n) is 3.78. The predicted molar refractivity (Wildman–Crippen MR) is 43.8 cm³/mol. The van der Waals surface area contributed by atoms with Crippen LogP contribution in [-0.2, 0) is 0 Å². The van der Waals surface area contributed by atoms with Crippen LogP contribution in [0, 0.1) is 0 Å². The Morgan fingerprint density at radius 1 is 1.40 bits per heavy atom. The summed E-state index contributed by atoms with van der Waals surface area (Å²) < 4.78 is 11.8.